The van der Waals surface area contributed by atoms with Gasteiger partial charge in [-0.15, -0.1) is 0 Å². The van der Waals surface area contributed by atoms with Crippen LogP contribution in [0.5, 0.6) is 5.75 Å². The van der Waals surface area contributed by atoms with E-state index in [0.29, 0.717) is 36.6 Å². The number of carbonyl (C=O) groups is 1. The monoisotopic (exact) mass is 387 g/mol. The maximum absolute atomic E-state index is 15.1. The molecule has 0 spiro atoms. The normalized spacial score (nSPS) is 18.9. The molecule has 1 aromatic heterocycles. The number of benzene rings is 1. The van der Waals surface area contributed by atoms with Gasteiger partial charge in [-0.1, -0.05) is 11.6 Å². The topological polar surface area (TPSA) is 97.8 Å². The van der Waals surface area contributed by atoms with E-state index in [1.54, 1.807) is 4.57 Å². The second kappa shape index (κ2) is 6.94. The third-order valence-corrected chi connectivity index (χ3v) is 5.50. The number of hydrogen-bond donors (Lipinski definition) is 2. The summed E-state index contributed by atoms with van der Waals surface area (Å²) in [5, 5.41) is 9.39. The van der Waals surface area contributed by atoms with Gasteiger partial charge in [0, 0.05) is 25.8 Å². The first-order chi connectivity index (χ1) is 13.4. The van der Waals surface area contributed by atoms with Crippen molar-refractivity contribution in [3.05, 3.63) is 45.5 Å². The van der Waals surface area contributed by atoms with Crippen LogP contribution in [-0.4, -0.2) is 41.9 Å². The molecule has 1 fully saturated rings. The van der Waals surface area contributed by atoms with Gasteiger partial charge < -0.3 is 25.0 Å². The van der Waals surface area contributed by atoms with E-state index in [4.69, 9.17) is 10.5 Å². The molecule has 1 atom stereocenters. The summed E-state index contributed by atoms with van der Waals surface area (Å²) in [7, 11) is 0. The zero-order valence-electron chi connectivity index (χ0n) is 15.6. The fourth-order valence-corrected chi connectivity index (χ4v) is 4.05. The summed E-state index contributed by atoms with van der Waals surface area (Å²) in [5.74, 6) is -1.58. The van der Waals surface area contributed by atoms with Crippen LogP contribution >= 0.6 is 0 Å². The zero-order chi connectivity index (χ0) is 20.0. The molecule has 0 saturated carbocycles. The van der Waals surface area contributed by atoms with E-state index in [9.17, 15) is 14.7 Å². The Balaban J connectivity index is 1.90. The highest BCUT2D eigenvalue weighted by Gasteiger charge is 2.30. The Morgan fingerprint density at radius 2 is 2.14 bits per heavy atom. The molecule has 0 amide bonds. The van der Waals surface area contributed by atoms with E-state index >= 15 is 4.39 Å². The van der Waals surface area contributed by atoms with Gasteiger partial charge >= 0.3 is 5.97 Å². The van der Waals surface area contributed by atoms with E-state index in [1.807, 2.05) is 17.9 Å². The molecule has 1 aromatic carbocycles. The lowest BCUT2D eigenvalue weighted by Gasteiger charge is -2.35. The number of anilines is 1. The Kier molecular flexibility index (Phi) is 4.58. The zero-order valence-corrected chi connectivity index (χ0v) is 15.6. The smallest absolute Gasteiger partial charge is 0.341 e. The quantitative estimate of drug-likeness (QED) is 0.784. The van der Waals surface area contributed by atoms with E-state index in [0.717, 1.165) is 18.9 Å². The molecule has 7 nitrogen and oxygen atoms in total. The molecular formula is C20H22FN3O4. The van der Waals surface area contributed by atoms with Crippen LogP contribution < -0.4 is 20.8 Å². The second-order valence-corrected chi connectivity index (χ2v) is 7.26. The number of carboxylic acids is 1. The Hall–Kier alpha value is -2.87. The van der Waals surface area contributed by atoms with E-state index in [1.165, 1.54) is 11.8 Å². The lowest BCUT2D eigenvalue weighted by molar-refractivity contribution is 0.0694. The van der Waals surface area contributed by atoms with Crippen LogP contribution in [0.4, 0.5) is 10.1 Å². The summed E-state index contributed by atoms with van der Waals surface area (Å²) in [6.07, 6.45) is 4.91. The largest absolute Gasteiger partial charge is 0.487 e. The molecule has 2 aliphatic rings. The van der Waals surface area contributed by atoms with Gasteiger partial charge in [-0.3, -0.25) is 4.79 Å². The molecule has 3 heterocycles. The highest BCUT2D eigenvalue weighted by Crippen LogP contribution is 2.42. The van der Waals surface area contributed by atoms with Crippen molar-refractivity contribution in [1.82, 2.24) is 4.57 Å². The number of pyridine rings is 1. The standard InChI is InChI=1S/C20H22FN3O4/c1-11-10-28-19-16-13(18(25)14(20(26)27)9-24(11)16)8-15(21)17(19)23-6-3-12(2-5-22)4-7-23/h2,8-9,11H,3-7,10,22H2,1H3,(H,26,27)/t11-/m0/s1. The highest BCUT2D eigenvalue weighted by molar-refractivity contribution is 5.97. The molecule has 148 valence electrons. The van der Waals surface area contributed by atoms with Crippen molar-refractivity contribution >= 4 is 22.6 Å². The number of hydrogen-bond acceptors (Lipinski definition) is 5. The SMILES string of the molecule is C[C@H]1COc2c(N3CCC(=CCN)CC3)c(F)cc3c(=O)c(C(=O)O)cn1c23. The van der Waals surface area contributed by atoms with Crippen molar-refractivity contribution in [2.45, 2.75) is 25.8 Å². The van der Waals surface area contributed by atoms with Crippen molar-refractivity contribution in [2.75, 3.05) is 31.1 Å². The molecule has 1 saturated heterocycles. The van der Waals surface area contributed by atoms with Gasteiger partial charge in [0.2, 0.25) is 5.43 Å². The number of halogens is 1. The van der Waals surface area contributed by atoms with Crippen LogP contribution in [0.25, 0.3) is 10.9 Å². The van der Waals surface area contributed by atoms with Crippen LogP contribution in [-0.2, 0) is 0 Å². The van der Waals surface area contributed by atoms with Crippen molar-refractivity contribution in [3.8, 4) is 5.75 Å². The number of aromatic nitrogens is 1. The van der Waals surface area contributed by atoms with Gasteiger partial charge in [-0.05, 0) is 25.8 Å². The van der Waals surface area contributed by atoms with Crippen LogP contribution in [0.3, 0.4) is 0 Å². The molecule has 4 rings (SSSR count). The molecule has 0 aliphatic carbocycles. The third kappa shape index (κ3) is 2.84. The summed E-state index contributed by atoms with van der Waals surface area (Å²) in [4.78, 5) is 26.0. The molecular weight excluding hydrogens is 365 g/mol. The van der Waals surface area contributed by atoms with Gasteiger partial charge in [0.1, 0.15) is 17.9 Å². The van der Waals surface area contributed by atoms with Gasteiger partial charge in [-0.2, -0.15) is 0 Å². The van der Waals surface area contributed by atoms with E-state index in [-0.39, 0.29) is 23.6 Å². The van der Waals surface area contributed by atoms with Crippen LogP contribution in [0.1, 0.15) is 36.2 Å². The van der Waals surface area contributed by atoms with Crippen LogP contribution in [0, 0.1) is 5.82 Å². The average molecular weight is 387 g/mol. The number of nitrogens with two attached hydrogens (primary N) is 1. The van der Waals surface area contributed by atoms with Gasteiger partial charge in [0.15, 0.2) is 11.6 Å². The molecule has 8 heteroatoms. The number of piperidine rings is 1. The van der Waals surface area contributed by atoms with Crippen molar-refractivity contribution in [3.63, 3.8) is 0 Å². The minimum atomic E-state index is -1.32. The number of carboxylic acid groups (broad SMARTS) is 1. The summed E-state index contributed by atoms with van der Waals surface area (Å²) < 4.78 is 22.7. The van der Waals surface area contributed by atoms with E-state index < -0.39 is 17.2 Å². The summed E-state index contributed by atoms with van der Waals surface area (Å²) >= 11 is 0. The minimum Gasteiger partial charge on any atom is -0.487 e. The Bertz CT molecular complexity index is 1050. The van der Waals surface area contributed by atoms with Crippen LogP contribution in [0.2, 0.25) is 0 Å². The number of rotatable bonds is 3. The predicted molar refractivity (Wildman–Crippen MR) is 104 cm³/mol. The molecule has 28 heavy (non-hydrogen) atoms. The molecule has 0 radical (unpaired) electrons. The number of ether oxygens (including phenoxy) is 1. The molecule has 2 aliphatic heterocycles. The summed E-state index contributed by atoms with van der Waals surface area (Å²) in [5.41, 5.74) is 6.56. The summed E-state index contributed by atoms with van der Waals surface area (Å²) in [6, 6.07) is 0.971. The maximum atomic E-state index is 15.1. The maximum Gasteiger partial charge on any atom is 0.341 e. The van der Waals surface area contributed by atoms with Crippen LogP contribution in [0.15, 0.2) is 28.7 Å². The first-order valence-corrected chi connectivity index (χ1v) is 9.32. The second-order valence-electron chi connectivity index (χ2n) is 7.26. The average Bonchev–Trinajstić information content (AvgIpc) is 2.67. The van der Waals surface area contributed by atoms with Crippen molar-refractivity contribution in [1.29, 1.82) is 0 Å². The highest BCUT2D eigenvalue weighted by atomic mass is 19.1. The lowest BCUT2D eigenvalue weighted by Crippen LogP contribution is -2.34. The minimum absolute atomic E-state index is 0.0310. The molecule has 2 aromatic rings. The number of aromatic carboxylic acids is 1. The van der Waals surface area contributed by atoms with Crippen molar-refractivity contribution < 1.29 is 19.0 Å². The third-order valence-electron chi connectivity index (χ3n) is 5.50. The van der Waals surface area contributed by atoms with Gasteiger partial charge in [-0.25, -0.2) is 9.18 Å². The summed E-state index contributed by atoms with van der Waals surface area (Å²) in [6.45, 7) is 3.87. The van der Waals surface area contributed by atoms with E-state index in [2.05, 4.69) is 0 Å². The fourth-order valence-electron chi connectivity index (χ4n) is 4.05. The molecule has 0 unspecified atom stereocenters. The Morgan fingerprint density at radius 3 is 2.79 bits per heavy atom. The molecule has 3 N–H and O–H groups in total. The Morgan fingerprint density at radius 1 is 1.43 bits per heavy atom. The predicted octanol–water partition coefficient (Wildman–Crippen LogP) is 2.28. The number of nitrogens with zero attached hydrogens (tertiary/aromatic N) is 2. The Labute approximate surface area is 160 Å². The fraction of sp³-hybridized carbons (Fsp3) is 0.400. The van der Waals surface area contributed by atoms with Gasteiger partial charge in [0.25, 0.3) is 0 Å². The lowest BCUT2D eigenvalue weighted by atomic mass is 10.0. The molecule has 0 bridgehead atoms. The first kappa shape index (κ1) is 18.5. The van der Waals surface area contributed by atoms with Crippen molar-refractivity contribution in [2.24, 2.45) is 5.73 Å². The van der Waals surface area contributed by atoms with Gasteiger partial charge in [0.05, 0.1) is 16.9 Å². The first-order valence-electron chi connectivity index (χ1n) is 9.32.